The lowest BCUT2D eigenvalue weighted by atomic mass is 10.0. The Balaban J connectivity index is 2.05. The topological polar surface area (TPSA) is 73.7 Å². The van der Waals surface area contributed by atoms with E-state index < -0.39 is 10.2 Å². The highest BCUT2D eigenvalue weighted by atomic mass is 32.2. The largest absolute Gasteiger partial charge is 0.396 e. The summed E-state index contributed by atoms with van der Waals surface area (Å²) in [6, 6.07) is 3.64. The Bertz CT molecular complexity index is 521. The standard InChI is InChI=1S/C13H21N3O3S/c1-15(9-12-4-2-6-14-8-12)20(18,19)16-7-3-5-13(10-16)11-17/h2,4,6,8,13,17H,3,5,7,9-11H2,1H3. The number of aliphatic hydroxyl groups is 1. The van der Waals surface area contributed by atoms with Crippen molar-refractivity contribution in [1.29, 1.82) is 0 Å². The Morgan fingerprint density at radius 2 is 2.35 bits per heavy atom. The summed E-state index contributed by atoms with van der Waals surface area (Å²) in [6.07, 6.45) is 5.01. The van der Waals surface area contributed by atoms with Crippen LogP contribution in [0.25, 0.3) is 0 Å². The fraction of sp³-hybridized carbons (Fsp3) is 0.615. The Hall–Kier alpha value is -1.02. The van der Waals surface area contributed by atoms with E-state index in [0.29, 0.717) is 19.6 Å². The van der Waals surface area contributed by atoms with Crippen LogP contribution >= 0.6 is 0 Å². The molecule has 1 saturated heterocycles. The molecule has 112 valence electrons. The number of pyridine rings is 1. The summed E-state index contributed by atoms with van der Waals surface area (Å²) < 4.78 is 27.8. The van der Waals surface area contributed by atoms with E-state index in [4.69, 9.17) is 0 Å². The molecular formula is C13H21N3O3S. The van der Waals surface area contributed by atoms with Crippen LogP contribution in [0.15, 0.2) is 24.5 Å². The first-order valence-electron chi connectivity index (χ1n) is 6.75. The maximum atomic E-state index is 12.5. The summed E-state index contributed by atoms with van der Waals surface area (Å²) in [6.45, 7) is 1.27. The Labute approximate surface area is 120 Å². The van der Waals surface area contributed by atoms with Crippen LogP contribution < -0.4 is 0 Å². The smallest absolute Gasteiger partial charge is 0.282 e. The maximum absolute atomic E-state index is 12.5. The monoisotopic (exact) mass is 299 g/mol. The average molecular weight is 299 g/mol. The Morgan fingerprint density at radius 1 is 1.55 bits per heavy atom. The quantitative estimate of drug-likeness (QED) is 0.857. The summed E-state index contributed by atoms with van der Waals surface area (Å²) in [5.41, 5.74) is 0.856. The first kappa shape index (κ1) is 15.4. The number of hydrogen-bond donors (Lipinski definition) is 1. The molecule has 1 unspecified atom stereocenters. The average Bonchev–Trinajstić information content (AvgIpc) is 2.48. The minimum absolute atomic E-state index is 0.0400. The molecule has 0 spiro atoms. The van der Waals surface area contributed by atoms with Gasteiger partial charge in [-0.15, -0.1) is 0 Å². The highest BCUT2D eigenvalue weighted by molar-refractivity contribution is 7.86. The van der Waals surface area contributed by atoms with Crippen molar-refractivity contribution >= 4 is 10.2 Å². The van der Waals surface area contributed by atoms with Gasteiger partial charge in [0.2, 0.25) is 0 Å². The van der Waals surface area contributed by atoms with Gasteiger partial charge in [0.1, 0.15) is 0 Å². The van der Waals surface area contributed by atoms with Crippen LogP contribution in [0.1, 0.15) is 18.4 Å². The van der Waals surface area contributed by atoms with E-state index in [1.54, 1.807) is 25.5 Å². The molecule has 1 aliphatic rings. The number of rotatable bonds is 5. The van der Waals surface area contributed by atoms with Gasteiger partial charge in [-0.1, -0.05) is 6.07 Å². The zero-order valence-electron chi connectivity index (χ0n) is 11.6. The van der Waals surface area contributed by atoms with Crippen molar-refractivity contribution in [3.8, 4) is 0 Å². The molecule has 7 heteroatoms. The molecule has 2 rings (SSSR count). The van der Waals surface area contributed by atoms with Crippen molar-refractivity contribution in [2.24, 2.45) is 5.92 Å². The van der Waals surface area contributed by atoms with E-state index in [1.807, 2.05) is 6.07 Å². The second-order valence-electron chi connectivity index (χ2n) is 5.17. The molecule has 1 aliphatic heterocycles. The van der Waals surface area contributed by atoms with Gasteiger partial charge in [0.15, 0.2) is 0 Å². The van der Waals surface area contributed by atoms with Gasteiger partial charge in [-0.2, -0.15) is 17.0 Å². The van der Waals surface area contributed by atoms with Crippen molar-refractivity contribution in [2.75, 3.05) is 26.7 Å². The molecule has 1 N–H and O–H groups in total. The van der Waals surface area contributed by atoms with Crippen molar-refractivity contribution < 1.29 is 13.5 Å². The second-order valence-corrected chi connectivity index (χ2v) is 7.21. The van der Waals surface area contributed by atoms with Gasteiger partial charge >= 0.3 is 0 Å². The highest BCUT2D eigenvalue weighted by Gasteiger charge is 2.31. The van der Waals surface area contributed by atoms with Crippen LogP contribution in [0.5, 0.6) is 0 Å². The minimum atomic E-state index is -3.48. The molecule has 2 heterocycles. The van der Waals surface area contributed by atoms with Crippen LogP contribution in [0.3, 0.4) is 0 Å². The molecular weight excluding hydrogens is 278 g/mol. The number of hydrogen-bond acceptors (Lipinski definition) is 4. The molecule has 1 aromatic heterocycles. The van der Waals surface area contributed by atoms with E-state index >= 15 is 0 Å². The van der Waals surface area contributed by atoms with E-state index in [0.717, 1.165) is 18.4 Å². The van der Waals surface area contributed by atoms with Gasteiger partial charge in [-0.05, 0) is 30.4 Å². The van der Waals surface area contributed by atoms with Crippen LogP contribution in [0, 0.1) is 5.92 Å². The summed E-state index contributed by atoms with van der Waals surface area (Å²) in [5, 5.41) is 9.20. The van der Waals surface area contributed by atoms with Crippen LogP contribution in [-0.2, 0) is 16.8 Å². The van der Waals surface area contributed by atoms with Crippen molar-refractivity contribution in [2.45, 2.75) is 19.4 Å². The molecule has 0 radical (unpaired) electrons. The number of aliphatic hydroxyl groups excluding tert-OH is 1. The molecule has 1 aromatic rings. The highest BCUT2D eigenvalue weighted by Crippen LogP contribution is 2.21. The van der Waals surface area contributed by atoms with E-state index in [-0.39, 0.29) is 12.5 Å². The number of aromatic nitrogens is 1. The number of piperidine rings is 1. The molecule has 0 saturated carbocycles. The van der Waals surface area contributed by atoms with E-state index in [2.05, 4.69) is 4.98 Å². The first-order chi connectivity index (χ1) is 9.54. The summed E-state index contributed by atoms with van der Waals surface area (Å²) in [4.78, 5) is 3.99. The van der Waals surface area contributed by atoms with Crippen LogP contribution in [0.4, 0.5) is 0 Å². The van der Waals surface area contributed by atoms with Crippen molar-refractivity contribution in [1.82, 2.24) is 13.6 Å². The summed E-state index contributed by atoms with van der Waals surface area (Å²) >= 11 is 0. The van der Waals surface area contributed by atoms with Gasteiger partial charge < -0.3 is 5.11 Å². The third-order valence-corrected chi connectivity index (χ3v) is 5.49. The molecule has 1 atom stereocenters. The fourth-order valence-corrected chi connectivity index (χ4v) is 3.88. The molecule has 6 nitrogen and oxygen atoms in total. The maximum Gasteiger partial charge on any atom is 0.282 e. The van der Waals surface area contributed by atoms with Gasteiger partial charge in [-0.3, -0.25) is 4.98 Å². The lowest BCUT2D eigenvalue weighted by Gasteiger charge is -2.33. The predicted molar refractivity (Wildman–Crippen MR) is 76.0 cm³/mol. The Kier molecular flexibility index (Phi) is 5.09. The summed E-state index contributed by atoms with van der Waals surface area (Å²) in [5.74, 6) is 0.0466. The summed E-state index contributed by atoms with van der Waals surface area (Å²) in [7, 11) is -1.90. The van der Waals surface area contributed by atoms with Gasteiger partial charge in [0.05, 0.1) is 0 Å². The Morgan fingerprint density at radius 3 is 3.00 bits per heavy atom. The van der Waals surface area contributed by atoms with Crippen molar-refractivity contribution in [3.63, 3.8) is 0 Å². The molecule has 0 bridgehead atoms. The lowest BCUT2D eigenvalue weighted by molar-refractivity contribution is 0.161. The zero-order chi connectivity index (χ0) is 14.6. The van der Waals surface area contributed by atoms with Gasteiger partial charge in [0, 0.05) is 45.7 Å². The second kappa shape index (κ2) is 6.62. The van der Waals surface area contributed by atoms with Crippen LogP contribution in [-0.4, -0.2) is 53.9 Å². The van der Waals surface area contributed by atoms with E-state index in [1.165, 1.54) is 8.61 Å². The molecule has 0 aliphatic carbocycles. The predicted octanol–water partition coefficient (Wildman–Crippen LogP) is 0.462. The molecule has 0 aromatic carbocycles. The third-order valence-electron chi connectivity index (χ3n) is 3.59. The molecule has 0 amide bonds. The first-order valence-corrected chi connectivity index (χ1v) is 8.15. The minimum Gasteiger partial charge on any atom is -0.396 e. The zero-order valence-corrected chi connectivity index (χ0v) is 12.5. The fourth-order valence-electron chi connectivity index (χ4n) is 2.41. The van der Waals surface area contributed by atoms with Gasteiger partial charge in [-0.25, -0.2) is 0 Å². The van der Waals surface area contributed by atoms with Gasteiger partial charge in [0.25, 0.3) is 10.2 Å². The third kappa shape index (κ3) is 3.54. The van der Waals surface area contributed by atoms with Crippen molar-refractivity contribution in [3.05, 3.63) is 30.1 Å². The molecule has 20 heavy (non-hydrogen) atoms. The van der Waals surface area contributed by atoms with Crippen LogP contribution in [0.2, 0.25) is 0 Å². The lowest BCUT2D eigenvalue weighted by Crippen LogP contribution is -2.47. The molecule has 1 fully saturated rings. The number of nitrogens with zero attached hydrogens (tertiary/aromatic N) is 3. The normalized spacial score (nSPS) is 21.2. The van der Waals surface area contributed by atoms with E-state index in [9.17, 15) is 13.5 Å². The SMILES string of the molecule is CN(Cc1cccnc1)S(=O)(=O)N1CCCC(CO)C1.